The summed E-state index contributed by atoms with van der Waals surface area (Å²) in [6, 6.07) is 7.79. The van der Waals surface area contributed by atoms with Crippen LogP contribution in [0.1, 0.15) is 5.56 Å². The Labute approximate surface area is 157 Å². The molecule has 1 saturated heterocycles. The molecule has 2 atom stereocenters. The third-order valence-corrected chi connectivity index (χ3v) is 5.61. The molecule has 2 N–H and O–H groups in total. The average molecular weight is 396 g/mol. The second kappa shape index (κ2) is 7.38. The highest BCUT2D eigenvalue weighted by Gasteiger charge is 2.54. The summed E-state index contributed by atoms with van der Waals surface area (Å²) < 4.78 is 0. The zero-order chi connectivity index (χ0) is 18.8. The molecular weight excluding hydrogens is 382 g/mol. The minimum Gasteiger partial charge on any atom is -0.477 e. The standard InChI is InChI=1S/C16H14ClN3O5S/c1-25-19-10(8-5-3-2-4-6-8)13(21)18-11-14(22)20-12(16(23)24)9(17)7-26-15(11)20/h2-6,11,15H,7H2,1H3,(H,18,21)(H,23,24)/b19-10-/t11-,15-/m1/s1. The fraction of sp³-hybridized carbons (Fsp3) is 0.250. The summed E-state index contributed by atoms with van der Waals surface area (Å²) >= 11 is 7.21. The van der Waals surface area contributed by atoms with Gasteiger partial charge in [-0.15, -0.1) is 11.8 Å². The van der Waals surface area contributed by atoms with Gasteiger partial charge in [0.05, 0.1) is 5.03 Å². The number of halogens is 1. The van der Waals surface area contributed by atoms with Gasteiger partial charge in [-0.1, -0.05) is 47.1 Å². The molecule has 2 amide bonds. The first-order valence-electron chi connectivity index (χ1n) is 7.49. The van der Waals surface area contributed by atoms with Crippen molar-refractivity contribution in [2.24, 2.45) is 5.16 Å². The Hall–Kier alpha value is -2.52. The van der Waals surface area contributed by atoms with Crippen molar-refractivity contribution in [1.29, 1.82) is 0 Å². The molecular formula is C16H14ClN3O5S. The number of aliphatic carboxylic acids is 1. The summed E-state index contributed by atoms with van der Waals surface area (Å²) in [5.74, 6) is -2.14. The molecule has 3 rings (SSSR count). The number of oxime groups is 1. The van der Waals surface area contributed by atoms with E-state index in [2.05, 4.69) is 10.5 Å². The van der Waals surface area contributed by atoms with Gasteiger partial charge < -0.3 is 15.3 Å². The molecule has 136 valence electrons. The van der Waals surface area contributed by atoms with Gasteiger partial charge in [0.1, 0.15) is 24.2 Å². The Bertz CT molecular complexity index is 826. The number of carbonyl (C=O) groups is 3. The van der Waals surface area contributed by atoms with Crippen LogP contribution in [0.2, 0.25) is 0 Å². The number of carboxylic acids is 1. The highest BCUT2D eigenvalue weighted by molar-refractivity contribution is 8.00. The Morgan fingerprint density at radius 2 is 2.08 bits per heavy atom. The molecule has 1 aromatic carbocycles. The quantitative estimate of drug-likeness (QED) is 0.437. The molecule has 0 bridgehead atoms. The number of benzene rings is 1. The van der Waals surface area contributed by atoms with Crippen LogP contribution in [0.3, 0.4) is 0 Å². The normalized spacial score (nSPS) is 22.5. The van der Waals surface area contributed by atoms with Gasteiger partial charge in [0, 0.05) is 11.3 Å². The van der Waals surface area contributed by atoms with Gasteiger partial charge in [0.2, 0.25) is 0 Å². The molecule has 1 aromatic rings. The third kappa shape index (κ3) is 3.15. The van der Waals surface area contributed by atoms with Crippen LogP contribution < -0.4 is 5.32 Å². The highest BCUT2D eigenvalue weighted by Crippen LogP contribution is 2.41. The first-order chi connectivity index (χ1) is 12.5. The molecule has 0 radical (unpaired) electrons. The monoisotopic (exact) mass is 395 g/mol. The number of hydrogen-bond donors (Lipinski definition) is 2. The summed E-state index contributed by atoms with van der Waals surface area (Å²) in [5.41, 5.74) is 0.313. The van der Waals surface area contributed by atoms with E-state index in [0.717, 1.165) is 4.90 Å². The summed E-state index contributed by atoms with van der Waals surface area (Å²) in [5, 5.41) is 15.2. The maximum Gasteiger partial charge on any atom is 0.353 e. The molecule has 0 spiro atoms. The molecule has 2 aliphatic rings. The lowest BCUT2D eigenvalue weighted by molar-refractivity contribution is -0.150. The maximum atomic E-state index is 12.6. The Morgan fingerprint density at radius 3 is 2.69 bits per heavy atom. The van der Waals surface area contributed by atoms with Crippen LogP contribution in [0.15, 0.2) is 46.2 Å². The van der Waals surface area contributed by atoms with Crippen LogP contribution in [0.25, 0.3) is 0 Å². The minimum absolute atomic E-state index is 0.0205. The van der Waals surface area contributed by atoms with Crippen molar-refractivity contribution in [3.05, 3.63) is 46.6 Å². The molecule has 0 saturated carbocycles. The molecule has 1 fully saturated rings. The Kier molecular flexibility index (Phi) is 5.19. The second-order valence-electron chi connectivity index (χ2n) is 5.41. The van der Waals surface area contributed by atoms with Crippen molar-refractivity contribution in [1.82, 2.24) is 10.2 Å². The summed E-state index contributed by atoms with van der Waals surface area (Å²) in [7, 11) is 1.31. The Morgan fingerprint density at radius 1 is 1.38 bits per heavy atom. The van der Waals surface area contributed by atoms with Gasteiger partial charge in [-0.05, 0) is 0 Å². The molecule has 8 nitrogen and oxygen atoms in total. The Balaban J connectivity index is 1.78. The average Bonchev–Trinajstić information content (AvgIpc) is 2.64. The molecule has 0 aromatic heterocycles. The molecule has 0 unspecified atom stereocenters. The lowest BCUT2D eigenvalue weighted by Crippen LogP contribution is -2.70. The maximum absolute atomic E-state index is 12.6. The van der Waals surface area contributed by atoms with E-state index in [1.54, 1.807) is 30.3 Å². The largest absolute Gasteiger partial charge is 0.477 e. The zero-order valence-electron chi connectivity index (χ0n) is 13.5. The van der Waals surface area contributed by atoms with Crippen LogP contribution in [-0.2, 0) is 19.2 Å². The number of hydrogen-bond acceptors (Lipinski definition) is 6. The minimum atomic E-state index is -1.27. The van der Waals surface area contributed by atoms with Crippen LogP contribution in [0.4, 0.5) is 0 Å². The van der Waals surface area contributed by atoms with E-state index in [1.807, 2.05) is 0 Å². The smallest absolute Gasteiger partial charge is 0.353 e. The number of thioether (sulfide) groups is 1. The number of fused-ring (bicyclic) bond motifs is 1. The van der Waals surface area contributed by atoms with E-state index in [1.165, 1.54) is 18.9 Å². The van der Waals surface area contributed by atoms with Gasteiger partial charge in [0.25, 0.3) is 11.8 Å². The molecule has 2 heterocycles. The predicted octanol–water partition coefficient (Wildman–Crippen LogP) is 0.972. The first kappa shape index (κ1) is 18.3. The van der Waals surface area contributed by atoms with Crippen LogP contribution in [-0.4, -0.2) is 57.8 Å². The number of carboxylic acid groups (broad SMARTS) is 1. The van der Waals surface area contributed by atoms with Crippen molar-refractivity contribution in [3.8, 4) is 0 Å². The fourth-order valence-electron chi connectivity index (χ4n) is 2.70. The number of carbonyl (C=O) groups excluding carboxylic acids is 2. The molecule has 0 aliphatic carbocycles. The van der Waals surface area contributed by atoms with Crippen LogP contribution in [0.5, 0.6) is 0 Å². The third-order valence-electron chi connectivity index (χ3n) is 3.86. The van der Waals surface area contributed by atoms with Crippen molar-refractivity contribution in [2.75, 3.05) is 12.9 Å². The molecule has 26 heavy (non-hydrogen) atoms. The second-order valence-corrected chi connectivity index (χ2v) is 6.97. The number of nitrogens with zero attached hydrogens (tertiary/aromatic N) is 2. The van der Waals surface area contributed by atoms with Crippen molar-refractivity contribution >= 4 is 46.9 Å². The van der Waals surface area contributed by atoms with Crippen molar-refractivity contribution < 1.29 is 24.3 Å². The van der Waals surface area contributed by atoms with E-state index in [4.69, 9.17) is 16.4 Å². The van der Waals surface area contributed by atoms with Gasteiger partial charge in [-0.25, -0.2) is 4.79 Å². The predicted molar refractivity (Wildman–Crippen MR) is 95.5 cm³/mol. The number of β-lactam (4-membered cyclic amide) rings is 1. The highest BCUT2D eigenvalue weighted by atomic mass is 35.5. The van der Waals surface area contributed by atoms with E-state index in [-0.39, 0.29) is 22.2 Å². The van der Waals surface area contributed by atoms with Gasteiger partial charge in [0.15, 0.2) is 5.71 Å². The lowest BCUT2D eigenvalue weighted by atomic mass is 10.0. The van der Waals surface area contributed by atoms with Crippen molar-refractivity contribution in [2.45, 2.75) is 11.4 Å². The van der Waals surface area contributed by atoms with Crippen LogP contribution >= 0.6 is 23.4 Å². The van der Waals surface area contributed by atoms with Gasteiger partial charge >= 0.3 is 5.97 Å². The topological polar surface area (TPSA) is 108 Å². The zero-order valence-corrected chi connectivity index (χ0v) is 15.1. The summed E-state index contributed by atoms with van der Waals surface area (Å²) in [4.78, 5) is 42.1. The van der Waals surface area contributed by atoms with E-state index in [0.29, 0.717) is 5.56 Å². The number of nitrogens with one attached hydrogen (secondary N) is 1. The summed E-state index contributed by atoms with van der Waals surface area (Å²) in [6.45, 7) is 0. The van der Waals surface area contributed by atoms with E-state index in [9.17, 15) is 19.5 Å². The molecule has 2 aliphatic heterocycles. The van der Waals surface area contributed by atoms with E-state index < -0.39 is 29.2 Å². The van der Waals surface area contributed by atoms with E-state index >= 15 is 0 Å². The van der Waals surface area contributed by atoms with Gasteiger partial charge in [-0.2, -0.15) is 0 Å². The first-order valence-corrected chi connectivity index (χ1v) is 8.92. The lowest BCUT2D eigenvalue weighted by Gasteiger charge is -2.48. The molecule has 10 heteroatoms. The fourth-order valence-corrected chi connectivity index (χ4v) is 4.25. The number of amides is 2. The number of rotatable bonds is 5. The summed E-state index contributed by atoms with van der Waals surface area (Å²) in [6.07, 6.45) is 0. The van der Waals surface area contributed by atoms with Gasteiger partial charge in [-0.3, -0.25) is 14.5 Å². The SMILES string of the molecule is CO/N=C(\C(=O)N[C@@H]1C(=O)N2C(C(=O)O)=C(Cl)CS[C@H]12)c1ccccc1. The van der Waals surface area contributed by atoms with Crippen LogP contribution in [0, 0.1) is 0 Å². The van der Waals surface area contributed by atoms with Crippen molar-refractivity contribution in [3.63, 3.8) is 0 Å².